The second-order valence-electron chi connectivity index (χ2n) is 3.50. The Balaban J connectivity index is 2.41. The van der Waals surface area contributed by atoms with E-state index in [2.05, 4.69) is 4.98 Å². The first kappa shape index (κ1) is 8.35. The number of carbonyl (C=O) groups is 1. The van der Waals surface area contributed by atoms with Gasteiger partial charge < -0.3 is 0 Å². The SMILES string of the molecule is CC(=O)C1(c2cc(F)ccn2)CC1. The Bertz CT molecular complexity index is 358. The van der Waals surface area contributed by atoms with Gasteiger partial charge in [-0.3, -0.25) is 9.78 Å². The minimum atomic E-state index is -0.456. The highest BCUT2D eigenvalue weighted by atomic mass is 19.1. The van der Waals surface area contributed by atoms with Crippen LogP contribution in [0.4, 0.5) is 4.39 Å². The minimum absolute atomic E-state index is 0.0885. The summed E-state index contributed by atoms with van der Waals surface area (Å²) in [5, 5.41) is 0. The first-order valence-electron chi connectivity index (χ1n) is 4.28. The van der Waals surface area contributed by atoms with Gasteiger partial charge in [-0.25, -0.2) is 4.39 Å². The average Bonchev–Trinajstić information content (AvgIpc) is 2.83. The molecule has 1 fully saturated rings. The number of hydrogen-bond acceptors (Lipinski definition) is 2. The van der Waals surface area contributed by atoms with Crippen LogP contribution < -0.4 is 0 Å². The molecule has 0 atom stereocenters. The highest BCUT2D eigenvalue weighted by Crippen LogP contribution is 2.47. The van der Waals surface area contributed by atoms with Gasteiger partial charge in [0.25, 0.3) is 0 Å². The van der Waals surface area contributed by atoms with Gasteiger partial charge in [0.15, 0.2) is 0 Å². The number of Topliss-reactive ketones (excluding diaryl/α,β-unsaturated/α-hetero) is 1. The molecule has 3 heteroatoms. The van der Waals surface area contributed by atoms with Crippen LogP contribution in [0.25, 0.3) is 0 Å². The van der Waals surface area contributed by atoms with Crippen molar-refractivity contribution in [2.75, 3.05) is 0 Å². The van der Waals surface area contributed by atoms with Gasteiger partial charge in [-0.2, -0.15) is 0 Å². The summed E-state index contributed by atoms with van der Waals surface area (Å²) in [5.74, 6) is -0.233. The van der Waals surface area contributed by atoms with Crippen LogP contribution in [-0.2, 0) is 10.2 Å². The van der Waals surface area contributed by atoms with Crippen molar-refractivity contribution in [2.45, 2.75) is 25.2 Å². The highest BCUT2D eigenvalue weighted by molar-refractivity contribution is 5.90. The highest BCUT2D eigenvalue weighted by Gasteiger charge is 2.50. The van der Waals surface area contributed by atoms with Crippen molar-refractivity contribution in [3.05, 3.63) is 29.8 Å². The smallest absolute Gasteiger partial charge is 0.141 e. The number of carbonyl (C=O) groups excluding carboxylic acids is 1. The van der Waals surface area contributed by atoms with E-state index in [9.17, 15) is 9.18 Å². The van der Waals surface area contributed by atoms with Crippen molar-refractivity contribution >= 4 is 5.78 Å². The molecule has 2 nitrogen and oxygen atoms in total. The lowest BCUT2D eigenvalue weighted by Crippen LogP contribution is -2.18. The van der Waals surface area contributed by atoms with Crippen molar-refractivity contribution in [1.82, 2.24) is 4.98 Å². The van der Waals surface area contributed by atoms with E-state index in [0.717, 1.165) is 12.8 Å². The van der Waals surface area contributed by atoms with Crippen LogP contribution in [0, 0.1) is 5.82 Å². The third-order valence-electron chi connectivity index (χ3n) is 2.64. The van der Waals surface area contributed by atoms with Gasteiger partial charge in [0, 0.05) is 6.20 Å². The molecule has 0 amide bonds. The van der Waals surface area contributed by atoms with Gasteiger partial charge in [0.2, 0.25) is 0 Å². The normalized spacial score (nSPS) is 18.3. The van der Waals surface area contributed by atoms with Crippen LogP contribution >= 0.6 is 0 Å². The summed E-state index contributed by atoms with van der Waals surface area (Å²) in [6, 6.07) is 2.65. The number of halogens is 1. The van der Waals surface area contributed by atoms with Crippen LogP contribution in [0.15, 0.2) is 18.3 Å². The van der Waals surface area contributed by atoms with Crippen molar-refractivity contribution in [2.24, 2.45) is 0 Å². The molecule has 0 aliphatic heterocycles. The zero-order valence-corrected chi connectivity index (χ0v) is 7.38. The van der Waals surface area contributed by atoms with Crippen molar-refractivity contribution in [3.8, 4) is 0 Å². The summed E-state index contributed by atoms with van der Waals surface area (Å²) < 4.78 is 12.8. The van der Waals surface area contributed by atoms with Crippen LogP contribution in [0.1, 0.15) is 25.5 Å². The van der Waals surface area contributed by atoms with Crippen molar-refractivity contribution in [3.63, 3.8) is 0 Å². The molecule has 0 N–H and O–H groups in total. The van der Waals surface area contributed by atoms with E-state index in [0.29, 0.717) is 5.69 Å². The average molecular weight is 179 g/mol. The maximum atomic E-state index is 12.8. The molecule has 0 unspecified atom stereocenters. The molecule has 0 bridgehead atoms. The molecule has 13 heavy (non-hydrogen) atoms. The fraction of sp³-hybridized carbons (Fsp3) is 0.400. The lowest BCUT2D eigenvalue weighted by molar-refractivity contribution is -0.119. The summed E-state index contributed by atoms with van der Waals surface area (Å²) in [7, 11) is 0. The number of ketones is 1. The fourth-order valence-corrected chi connectivity index (χ4v) is 1.58. The molecule has 2 rings (SSSR count). The van der Waals surface area contributed by atoms with Crippen molar-refractivity contribution < 1.29 is 9.18 Å². The Morgan fingerprint density at radius 1 is 1.62 bits per heavy atom. The minimum Gasteiger partial charge on any atom is -0.299 e. The third-order valence-corrected chi connectivity index (χ3v) is 2.64. The van der Waals surface area contributed by atoms with E-state index in [1.54, 1.807) is 6.92 Å². The molecule has 1 aliphatic carbocycles. The first-order chi connectivity index (χ1) is 6.15. The predicted molar refractivity (Wildman–Crippen MR) is 45.8 cm³/mol. The van der Waals surface area contributed by atoms with E-state index in [4.69, 9.17) is 0 Å². The number of pyridine rings is 1. The maximum Gasteiger partial charge on any atom is 0.141 e. The van der Waals surface area contributed by atoms with Gasteiger partial charge in [-0.15, -0.1) is 0 Å². The zero-order chi connectivity index (χ0) is 9.47. The molecule has 68 valence electrons. The Morgan fingerprint density at radius 2 is 2.31 bits per heavy atom. The Labute approximate surface area is 75.8 Å². The topological polar surface area (TPSA) is 30.0 Å². The fourth-order valence-electron chi connectivity index (χ4n) is 1.58. The number of hydrogen-bond donors (Lipinski definition) is 0. The molecule has 1 saturated carbocycles. The Hall–Kier alpha value is -1.25. The van der Waals surface area contributed by atoms with Gasteiger partial charge in [0.05, 0.1) is 11.1 Å². The lowest BCUT2D eigenvalue weighted by Gasteiger charge is -2.09. The molecule has 0 saturated heterocycles. The Morgan fingerprint density at radius 3 is 2.77 bits per heavy atom. The second kappa shape index (κ2) is 2.62. The molecule has 1 heterocycles. The van der Waals surface area contributed by atoms with E-state index >= 15 is 0 Å². The largest absolute Gasteiger partial charge is 0.299 e. The zero-order valence-electron chi connectivity index (χ0n) is 7.38. The second-order valence-corrected chi connectivity index (χ2v) is 3.50. The molecule has 1 aliphatic rings. The number of aromatic nitrogens is 1. The molecule has 0 spiro atoms. The predicted octanol–water partition coefficient (Wildman–Crippen LogP) is 1.84. The van der Waals surface area contributed by atoms with Crippen LogP contribution in [0.2, 0.25) is 0 Å². The summed E-state index contributed by atoms with van der Waals surface area (Å²) >= 11 is 0. The molecule has 1 aromatic heterocycles. The van der Waals surface area contributed by atoms with Crippen LogP contribution in [0.3, 0.4) is 0 Å². The first-order valence-corrected chi connectivity index (χ1v) is 4.28. The van der Waals surface area contributed by atoms with Crippen LogP contribution in [-0.4, -0.2) is 10.8 Å². The molecular formula is C10H10FNO. The van der Waals surface area contributed by atoms with Gasteiger partial charge in [-0.1, -0.05) is 0 Å². The molecule has 0 radical (unpaired) electrons. The third kappa shape index (κ3) is 1.24. The number of rotatable bonds is 2. The van der Waals surface area contributed by atoms with E-state index < -0.39 is 5.41 Å². The van der Waals surface area contributed by atoms with Crippen molar-refractivity contribution in [1.29, 1.82) is 0 Å². The summed E-state index contributed by atoms with van der Waals surface area (Å²) in [5.41, 5.74) is 0.127. The number of nitrogens with zero attached hydrogens (tertiary/aromatic N) is 1. The van der Waals surface area contributed by atoms with Gasteiger partial charge in [-0.05, 0) is 31.9 Å². The lowest BCUT2D eigenvalue weighted by atomic mass is 9.97. The van der Waals surface area contributed by atoms with Gasteiger partial charge in [0.1, 0.15) is 11.6 Å². The summed E-state index contributed by atoms with van der Waals surface area (Å²) in [4.78, 5) is 15.3. The Kier molecular flexibility index (Phi) is 1.68. The van der Waals surface area contributed by atoms with Crippen LogP contribution in [0.5, 0.6) is 0 Å². The molecular weight excluding hydrogens is 169 g/mol. The van der Waals surface area contributed by atoms with Gasteiger partial charge >= 0.3 is 0 Å². The summed E-state index contributed by atoms with van der Waals surface area (Å²) in [6.45, 7) is 1.54. The van der Waals surface area contributed by atoms with E-state index in [1.807, 2.05) is 0 Å². The monoisotopic (exact) mass is 179 g/mol. The standard InChI is InChI=1S/C10H10FNO/c1-7(13)10(3-4-10)9-6-8(11)2-5-12-9/h2,5-6H,3-4H2,1H3. The van der Waals surface area contributed by atoms with E-state index in [1.165, 1.54) is 18.3 Å². The maximum absolute atomic E-state index is 12.8. The molecule has 1 aromatic rings. The summed E-state index contributed by atoms with van der Waals surface area (Å²) in [6.07, 6.45) is 3.02. The molecule has 0 aromatic carbocycles. The quantitative estimate of drug-likeness (QED) is 0.693. The van der Waals surface area contributed by atoms with E-state index in [-0.39, 0.29) is 11.6 Å².